The van der Waals surface area contributed by atoms with Crippen molar-refractivity contribution in [3.8, 4) is 5.75 Å². The predicted molar refractivity (Wildman–Crippen MR) is 104 cm³/mol. The van der Waals surface area contributed by atoms with Crippen LogP contribution in [-0.2, 0) is 4.79 Å². The van der Waals surface area contributed by atoms with E-state index in [0.29, 0.717) is 13.1 Å². The molecule has 1 fully saturated rings. The molecule has 0 spiro atoms. The molecule has 2 heterocycles. The molecule has 5 heteroatoms. The summed E-state index contributed by atoms with van der Waals surface area (Å²) in [6.07, 6.45) is 1.22. The number of aryl methyl sites for hydroxylation is 1. The van der Waals surface area contributed by atoms with Gasteiger partial charge >= 0.3 is 0 Å². The molecule has 1 aromatic heterocycles. The van der Waals surface area contributed by atoms with Gasteiger partial charge in [-0.25, -0.2) is 4.98 Å². The molecule has 2 aromatic carbocycles. The third-order valence-corrected chi connectivity index (χ3v) is 5.12. The Morgan fingerprint density at radius 1 is 1.19 bits per heavy atom. The smallest absolute Gasteiger partial charge is 0.263 e. The minimum atomic E-state index is -0.493. The number of aromatic nitrogens is 1. The second-order valence-electron chi connectivity index (χ2n) is 7.20. The maximum Gasteiger partial charge on any atom is 0.263 e. The minimum absolute atomic E-state index is 0.0347. The maximum atomic E-state index is 12.7. The van der Waals surface area contributed by atoms with E-state index in [4.69, 9.17) is 9.15 Å². The summed E-state index contributed by atoms with van der Waals surface area (Å²) in [5.74, 6) is 1.81. The van der Waals surface area contributed by atoms with Gasteiger partial charge in [0.25, 0.3) is 5.91 Å². The van der Waals surface area contributed by atoms with Crippen LogP contribution in [0.15, 0.2) is 52.9 Å². The van der Waals surface area contributed by atoms with Crippen molar-refractivity contribution < 1.29 is 13.9 Å². The van der Waals surface area contributed by atoms with Crippen LogP contribution in [0.4, 0.5) is 0 Å². The lowest BCUT2D eigenvalue weighted by Crippen LogP contribution is -2.44. The normalized spacial score (nSPS) is 16.4. The molecule has 1 amide bonds. The summed E-state index contributed by atoms with van der Waals surface area (Å²) in [5.41, 5.74) is 2.84. The van der Waals surface area contributed by atoms with E-state index in [-0.39, 0.29) is 11.8 Å². The fourth-order valence-electron chi connectivity index (χ4n) is 3.61. The Hall–Kier alpha value is -2.82. The van der Waals surface area contributed by atoms with E-state index in [1.807, 2.05) is 67.3 Å². The highest BCUT2D eigenvalue weighted by molar-refractivity contribution is 5.81. The van der Waals surface area contributed by atoms with E-state index >= 15 is 0 Å². The van der Waals surface area contributed by atoms with Gasteiger partial charge < -0.3 is 14.1 Å². The molecule has 1 saturated heterocycles. The number of oxazole rings is 1. The third kappa shape index (κ3) is 3.82. The van der Waals surface area contributed by atoms with E-state index < -0.39 is 6.10 Å². The van der Waals surface area contributed by atoms with Gasteiger partial charge in [0.1, 0.15) is 11.3 Å². The van der Waals surface area contributed by atoms with Gasteiger partial charge in [0.2, 0.25) is 0 Å². The number of hydrogen-bond donors (Lipinski definition) is 0. The van der Waals surface area contributed by atoms with Gasteiger partial charge in [-0.3, -0.25) is 4.79 Å². The van der Waals surface area contributed by atoms with Crippen molar-refractivity contribution in [3.05, 3.63) is 60.0 Å². The molecule has 1 unspecified atom stereocenters. The number of nitrogens with zero attached hydrogens (tertiary/aromatic N) is 2. The lowest BCUT2D eigenvalue weighted by Gasteiger charge is -2.32. The second-order valence-corrected chi connectivity index (χ2v) is 7.20. The molecular formula is C22H24N2O3. The van der Waals surface area contributed by atoms with Gasteiger partial charge in [-0.1, -0.05) is 24.3 Å². The van der Waals surface area contributed by atoms with Crippen LogP contribution in [-0.4, -0.2) is 35.0 Å². The van der Waals surface area contributed by atoms with Gasteiger partial charge in [-0.2, -0.15) is 0 Å². The average molecular weight is 364 g/mol. The van der Waals surface area contributed by atoms with E-state index in [2.05, 4.69) is 4.98 Å². The molecule has 3 aromatic rings. The topological polar surface area (TPSA) is 55.6 Å². The molecule has 0 radical (unpaired) electrons. The van der Waals surface area contributed by atoms with Crippen LogP contribution in [0, 0.1) is 6.92 Å². The Balaban J connectivity index is 1.36. The Morgan fingerprint density at radius 3 is 2.70 bits per heavy atom. The van der Waals surface area contributed by atoms with Crippen molar-refractivity contribution in [2.75, 3.05) is 13.1 Å². The molecular weight excluding hydrogens is 340 g/mol. The number of carbonyl (C=O) groups excluding carboxylic acids is 1. The van der Waals surface area contributed by atoms with Gasteiger partial charge in [-0.15, -0.1) is 0 Å². The Labute approximate surface area is 158 Å². The third-order valence-electron chi connectivity index (χ3n) is 5.12. The quantitative estimate of drug-likeness (QED) is 0.692. The number of likely N-dealkylation sites (tertiary alicyclic amines) is 1. The second kappa shape index (κ2) is 7.43. The number of carbonyl (C=O) groups is 1. The zero-order valence-electron chi connectivity index (χ0n) is 15.7. The number of benzene rings is 2. The molecule has 27 heavy (non-hydrogen) atoms. The predicted octanol–water partition coefficient (Wildman–Crippen LogP) is 4.31. The van der Waals surface area contributed by atoms with Crippen molar-refractivity contribution >= 4 is 17.0 Å². The first kappa shape index (κ1) is 17.6. The van der Waals surface area contributed by atoms with Crippen LogP contribution in [0.1, 0.15) is 37.1 Å². The number of piperidine rings is 1. The lowest BCUT2D eigenvalue weighted by molar-refractivity contribution is -0.139. The fraction of sp³-hybridized carbons (Fsp3) is 0.364. The number of para-hydroxylation sites is 2. The highest BCUT2D eigenvalue weighted by Gasteiger charge is 2.29. The van der Waals surface area contributed by atoms with E-state index in [0.717, 1.165) is 41.1 Å². The lowest BCUT2D eigenvalue weighted by atomic mass is 9.96. The zero-order valence-corrected chi connectivity index (χ0v) is 15.7. The number of ether oxygens (including phenoxy) is 1. The number of fused-ring (bicyclic) bond motifs is 1. The first-order chi connectivity index (χ1) is 13.1. The van der Waals surface area contributed by atoms with Crippen LogP contribution in [0.5, 0.6) is 5.75 Å². The van der Waals surface area contributed by atoms with Crippen LogP contribution in [0.25, 0.3) is 11.1 Å². The number of amides is 1. The monoisotopic (exact) mass is 364 g/mol. The van der Waals surface area contributed by atoms with E-state index in [1.165, 1.54) is 0 Å². The zero-order chi connectivity index (χ0) is 18.8. The summed E-state index contributed by atoms with van der Waals surface area (Å²) in [7, 11) is 0. The first-order valence-corrected chi connectivity index (χ1v) is 9.48. The summed E-state index contributed by atoms with van der Waals surface area (Å²) in [5, 5.41) is 0. The molecule has 140 valence electrons. The largest absolute Gasteiger partial charge is 0.481 e. The first-order valence-electron chi connectivity index (χ1n) is 9.48. The standard InChI is InChI=1S/C22H24N2O3/c1-15-6-5-7-18(14-15)26-16(2)22(25)24-12-10-17(11-13-24)21-23-19-8-3-4-9-20(19)27-21/h3-9,14,16-17H,10-13H2,1-2H3. The molecule has 1 aliphatic heterocycles. The van der Waals surface area contributed by atoms with Gasteiger partial charge in [0, 0.05) is 19.0 Å². The van der Waals surface area contributed by atoms with Crippen molar-refractivity contribution in [2.24, 2.45) is 0 Å². The Morgan fingerprint density at radius 2 is 1.96 bits per heavy atom. The van der Waals surface area contributed by atoms with Crippen LogP contribution in [0.2, 0.25) is 0 Å². The summed E-state index contributed by atoms with van der Waals surface area (Å²) in [6, 6.07) is 15.6. The van der Waals surface area contributed by atoms with Crippen molar-refractivity contribution in [3.63, 3.8) is 0 Å². The van der Waals surface area contributed by atoms with Gasteiger partial charge in [0.05, 0.1) is 0 Å². The fourth-order valence-corrected chi connectivity index (χ4v) is 3.61. The molecule has 0 bridgehead atoms. The molecule has 4 rings (SSSR count). The molecule has 0 aliphatic carbocycles. The molecule has 0 N–H and O–H groups in total. The number of rotatable bonds is 4. The SMILES string of the molecule is Cc1cccc(OC(C)C(=O)N2CCC(c3nc4ccccc4o3)CC2)c1. The van der Waals surface area contributed by atoms with Gasteiger partial charge in [0.15, 0.2) is 17.6 Å². The van der Waals surface area contributed by atoms with Crippen LogP contribution >= 0.6 is 0 Å². The maximum absolute atomic E-state index is 12.7. The van der Waals surface area contributed by atoms with Crippen molar-refractivity contribution in [2.45, 2.75) is 38.7 Å². The van der Waals surface area contributed by atoms with Crippen molar-refractivity contribution in [1.29, 1.82) is 0 Å². The molecule has 5 nitrogen and oxygen atoms in total. The van der Waals surface area contributed by atoms with Crippen LogP contribution < -0.4 is 4.74 Å². The highest BCUT2D eigenvalue weighted by atomic mass is 16.5. The Kier molecular flexibility index (Phi) is 4.84. The minimum Gasteiger partial charge on any atom is -0.481 e. The summed E-state index contributed by atoms with van der Waals surface area (Å²) < 4.78 is 11.7. The number of hydrogen-bond acceptors (Lipinski definition) is 4. The van der Waals surface area contributed by atoms with Gasteiger partial charge in [-0.05, 0) is 56.5 Å². The average Bonchev–Trinajstić information content (AvgIpc) is 3.12. The summed E-state index contributed by atoms with van der Waals surface area (Å²) >= 11 is 0. The van der Waals surface area contributed by atoms with Crippen molar-refractivity contribution in [1.82, 2.24) is 9.88 Å². The molecule has 1 aliphatic rings. The summed E-state index contributed by atoms with van der Waals surface area (Å²) in [6.45, 7) is 5.22. The molecule has 0 saturated carbocycles. The summed E-state index contributed by atoms with van der Waals surface area (Å²) in [4.78, 5) is 19.2. The van der Waals surface area contributed by atoms with E-state index in [1.54, 1.807) is 0 Å². The molecule has 1 atom stereocenters. The highest BCUT2D eigenvalue weighted by Crippen LogP contribution is 2.30. The van der Waals surface area contributed by atoms with Crippen LogP contribution in [0.3, 0.4) is 0 Å². The Bertz CT molecular complexity index is 908. The van der Waals surface area contributed by atoms with E-state index in [9.17, 15) is 4.79 Å².